The van der Waals surface area contributed by atoms with Gasteiger partial charge in [0.2, 0.25) is 5.91 Å². The van der Waals surface area contributed by atoms with Gasteiger partial charge in [-0.3, -0.25) is 9.59 Å². The van der Waals surface area contributed by atoms with E-state index in [4.69, 9.17) is 9.15 Å². The lowest BCUT2D eigenvalue weighted by molar-refractivity contribution is -0.139. The summed E-state index contributed by atoms with van der Waals surface area (Å²) < 4.78 is 11.1. The van der Waals surface area contributed by atoms with Crippen molar-refractivity contribution in [3.05, 3.63) is 64.5 Å². The Hall–Kier alpha value is -2.93. The number of carbonyl (C=O) groups is 1. The summed E-state index contributed by atoms with van der Waals surface area (Å²) in [6.45, 7) is 1.42. The van der Waals surface area contributed by atoms with E-state index in [0.29, 0.717) is 41.9 Å². The van der Waals surface area contributed by atoms with Gasteiger partial charge in [-0.2, -0.15) is 5.10 Å². The molecule has 25 heavy (non-hydrogen) atoms. The molecule has 7 heteroatoms. The number of benzene rings is 1. The van der Waals surface area contributed by atoms with Crippen molar-refractivity contribution in [3.63, 3.8) is 0 Å². The molecular weight excluding hydrogens is 322 g/mol. The Kier molecular flexibility index (Phi) is 4.07. The van der Waals surface area contributed by atoms with Gasteiger partial charge in [0.15, 0.2) is 0 Å². The van der Waals surface area contributed by atoms with E-state index in [2.05, 4.69) is 10.2 Å². The number of ether oxygens (including phenoxy) is 1. The molecule has 0 spiro atoms. The van der Waals surface area contributed by atoms with Crippen LogP contribution in [0.15, 0.2) is 51.9 Å². The molecule has 1 atom stereocenters. The number of aromatic amines is 1. The molecule has 2 aromatic heterocycles. The highest BCUT2D eigenvalue weighted by Gasteiger charge is 2.27. The fraction of sp³-hybridized carbons (Fsp3) is 0.278. The minimum atomic E-state index is -0.256. The third kappa shape index (κ3) is 3.06. The molecule has 1 aromatic carbocycles. The van der Waals surface area contributed by atoms with Crippen molar-refractivity contribution in [2.24, 2.45) is 0 Å². The predicted molar refractivity (Wildman–Crippen MR) is 90.0 cm³/mol. The van der Waals surface area contributed by atoms with Gasteiger partial charge in [-0.1, -0.05) is 18.2 Å². The monoisotopic (exact) mass is 339 g/mol. The van der Waals surface area contributed by atoms with Crippen LogP contribution in [-0.4, -0.2) is 40.7 Å². The smallest absolute Gasteiger partial charge is 0.272 e. The Labute approximate surface area is 143 Å². The van der Waals surface area contributed by atoms with Gasteiger partial charge < -0.3 is 14.1 Å². The highest BCUT2D eigenvalue weighted by atomic mass is 16.5. The van der Waals surface area contributed by atoms with E-state index in [1.54, 1.807) is 29.4 Å². The molecule has 1 aliphatic heterocycles. The standard InChI is InChI=1S/C18H17N3O4/c22-17(21-7-9-25-16(11-21)15-6-3-8-24-15)10-14-12-4-1-2-5-13(12)18(23)20-19-14/h1-6,8,16H,7,9-11H2,(H,20,23). The van der Waals surface area contributed by atoms with Crippen molar-refractivity contribution in [1.82, 2.24) is 15.1 Å². The number of fused-ring (bicyclic) bond motifs is 1. The van der Waals surface area contributed by atoms with Crippen molar-refractivity contribution < 1.29 is 13.9 Å². The Morgan fingerprint density at radius 3 is 2.88 bits per heavy atom. The van der Waals surface area contributed by atoms with E-state index in [0.717, 1.165) is 0 Å². The van der Waals surface area contributed by atoms with Crippen LogP contribution in [-0.2, 0) is 16.0 Å². The van der Waals surface area contributed by atoms with E-state index < -0.39 is 0 Å². The summed E-state index contributed by atoms with van der Waals surface area (Å²) in [5.74, 6) is 0.662. The molecule has 3 aromatic rings. The molecule has 0 bridgehead atoms. The van der Waals surface area contributed by atoms with Crippen LogP contribution in [0, 0.1) is 0 Å². The molecule has 1 saturated heterocycles. The second-order valence-electron chi connectivity index (χ2n) is 5.94. The number of amides is 1. The number of hydrogen-bond acceptors (Lipinski definition) is 5. The average molecular weight is 339 g/mol. The lowest BCUT2D eigenvalue weighted by atomic mass is 10.1. The van der Waals surface area contributed by atoms with Crippen LogP contribution in [0.25, 0.3) is 10.8 Å². The van der Waals surface area contributed by atoms with Gasteiger partial charge in [-0.15, -0.1) is 0 Å². The highest BCUT2D eigenvalue weighted by molar-refractivity contribution is 5.88. The Bertz CT molecular complexity index is 948. The Morgan fingerprint density at radius 1 is 1.24 bits per heavy atom. The second-order valence-corrected chi connectivity index (χ2v) is 5.94. The number of carbonyl (C=O) groups excluding carboxylic acids is 1. The lowest BCUT2D eigenvalue weighted by Gasteiger charge is -2.32. The molecule has 0 saturated carbocycles. The van der Waals surface area contributed by atoms with Gasteiger partial charge in [0.05, 0.1) is 36.9 Å². The minimum Gasteiger partial charge on any atom is -0.467 e. The van der Waals surface area contributed by atoms with Gasteiger partial charge in [-0.05, 0) is 18.2 Å². The van der Waals surface area contributed by atoms with Crippen LogP contribution in [0.1, 0.15) is 17.6 Å². The Morgan fingerprint density at radius 2 is 2.08 bits per heavy atom. The first kappa shape index (κ1) is 15.6. The van der Waals surface area contributed by atoms with E-state index in [-0.39, 0.29) is 24.0 Å². The van der Waals surface area contributed by atoms with Crippen molar-refractivity contribution in [3.8, 4) is 0 Å². The largest absolute Gasteiger partial charge is 0.467 e. The number of nitrogens with one attached hydrogen (secondary N) is 1. The van der Waals surface area contributed by atoms with Crippen LogP contribution in [0.2, 0.25) is 0 Å². The van der Waals surface area contributed by atoms with Crippen molar-refractivity contribution in [2.75, 3.05) is 19.7 Å². The zero-order valence-corrected chi connectivity index (χ0v) is 13.5. The fourth-order valence-electron chi connectivity index (χ4n) is 3.08. The average Bonchev–Trinajstić information content (AvgIpc) is 3.19. The summed E-state index contributed by atoms with van der Waals surface area (Å²) in [6.07, 6.45) is 1.46. The lowest BCUT2D eigenvalue weighted by Crippen LogP contribution is -2.43. The van der Waals surface area contributed by atoms with Crippen LogP contribution < -0.4 is 5.56 Å². The maximum absolute atomic E-state index is 12.7. The number of morpholine rings is 1. The van der Waals surface area contributed by atoms with E-state index in [1.165, 1.54) is 0 Å². The molecule has 1 fully saturated rings. The summed E-state index contributed by atoms with van der Waals surface area (Å²) >= 11 is 0. The molecule has 0 aliphatic carbocycles. The Balaban J connectivity index is 1.54. The fourth-order valence-corrected chi connectivity index (χ4v) is 3.08. The molecule has 128 valence electrons. The molecule has 7 nitrogen and oxygen atoms in total. The summed E-state index contributed by atoms with van der Waals surface area (Å²) in [4.78, 5) is 26.3. The third-order valence-corrected chi connectivity index (χ3v) is 4.37. The first-order valence-corrected chi connectivity index (χ1v) is 8.11. The van der Waals surface area contributed by atoms with Crippen LogP contribution >= 0.6 is 0 Å². The number of aromatic nitrogens is 2. The SMILES string of the molecule is O=C(Cc1n[nH]c(=O)c2ccccc12)N1CCOC(c2ccco2)C1. The van der Waals surface area contributed by atoms with Crippen molar-refractivity contribution >= 4 is 16.7 Å². The number of hydrogen-bond donors (Lipinski definition) is 1. The van der Waals surface area contributed by atoms with E-state index in [9.17, 15) is 9.59 Å². The highest BCUT2D eigenvalue weighted by Crippen LogP contribution is 2.23. The molecule has 1 unspecified atom stereocenters. The summed E-state index contributed by atoms with van der Waals surface area (Å²) in [5, 5.41) is 7.78. The van der Waals surface area contributed by atoms with Gasteiger partial charge in [0, 0.05) is 11.9 Å². The zero-order chi connectivity index (χ0) is 17.2. The molecular formula is C18H17N3O4. The first-order chi connectivity index (χ1) is 12.2. The normalized spacial score (nSPS) is 17.8. The van der Waals surface area contributed by atoms with Crippen molar-refractivity contribution in [2.45, 2.75) is 12.5 Å². The molecule has 4 rings (SSSR count). The maximum atomic E-state index is 12.7. The molecule has 1 N–H and O–H groups in total. The number of furan rings is 1. The van der Waals surface area contributed by atoms with Gasteiger partial charge in [0.25, 0.3) is 5.56 Å². The predicted octanol–water partition coefficient (Wildman–Crippen LogP) is 1.66. The molecule has 1 amide bonds. The van der Waals surface area contributed by atoms with Gasteiger partial charge in [0.1, 0.15) is 11.9 Å². The van der Waals surface area contributed by atoms with Gasteiger partial charge in [-0.25, -0.2) is 5.10 Å². The van der Waals surface area contributed by atoms with E-state index >= 15 is 0 Å². The third-order valence-electron chi connectivity index (χ3n) is 4.37. The maximum Gasteiger partial charge on any atom is 0.272 e. The summed E-state index contributed by atoms with van der Waals surface area (Å²) in [5.41, 5.74) is 0.317. The molecule has 3 heterocycles. The number of rotatable bonds is 3. The number of nitrogens with zero attached hydrogens (tertiary/aromatic N) is 2. The topological polar surface area (TPSA) is 88.4 Å². The summed E-state index contributed by atoms with van der Waals surface area (Å²) in [7, 11) is 0. The molecule has 0 radical (unpaired) electrons. The first-order valence-electron chi connectivity index (χ1n) is 8.11. The van der Waals surface area contributed by atoms with Gasteiger partial charge >= 0.3 is 0 Å². The van der Waals surface area contributed by atoms with Crippen LogP contribution in [0.5, 0.6) is 0 Å². The summed E-state index contributed by atoms with van der Waals surface area (Å²) in [6, 6.07) is 10.8. The quantitative estimate of drug-likeness (QED) is 0.784. The minimum absolute atomic E-state index is 0.0513. The number of H-pyrrole nitrogens is 1. The van der Waals surface area contributed by atoms with Crippen LogP contribution in [0.3, 0.4) is 0 Å². The zero-order valence-electron chi connectivity index (χ0n) is 13.5. The van der Waals surface area contributed by atoms with Crippen molar-refractivity contribution in [1.29, 1.82) is 0 Å². The second kappa shape index (κ2) is 6.52. The molecule has 1 aliphatic rings. The van der Waals surface area contributed by atoms with E-state index in [1.807, 2.05) is 18.2 Å². The van der Waals surface area contributed by atoms with Crippen LogP contribution in [0.4, 0.5) is 0 Å².